The molecule has 5 nitrogen and oxygen atoms in total. The molecule has 0 aromatic carbocycles. The molecule has 0 aliphatic heterocycles. The second-order valence-corrected chi connectivity index (χ2v) is 4.01. The molecule has 10 heavy (non-hydrogen) atoms. The molecule has 2 N–H and O–H groups in total. The summed E-state index contributed by atoms with van der Waals surface area (Å²) in [5.74, 6) is -0.792. The third-order valence-corrected chi connectivity index (χ3v) is 2.02. The second kappa shape index (κ2) is 3.71. The van der Waals surface area contributed by atoms with Crippen LogP contribution in [0.3, 0.4) is 0 Å². The predicted molar refractivity (Wildman–Crippen MR) is 33.8 cm³/mol. The van der Waals surface area contributed by atoms with Gasteiger partial charge in [-0.3, -0.25) is 9.36 Å². The molecule has 1 atom stereocenters. The molecule has 0 aromatic heterocycles. The van der Waals surface area contributed by atoms with E-state index in [1.54, 1.807) is 0 Å². The maximum absolute atomic E-state index is 10.6. The molecule has 0 bridgehead atoms. The van der Waals surface area contributed by atoms with Gasteiger partial charge in [0.25, 0.3) is 0 Å². The van der Waals surface area contributed by atoms with Crippen LogP contribution in [0.2, 0.25) is 0 Å². The van der Waals surface area contributed by atoms with E-state index in [4.69, 9.17) is 10.00 Å². The summed E-state index contributed by atoms with van der Waals surface area (Å²) in [5, 5.41) is 8.22. The van der Waals surface area contributed by atoms with Crippen molar-refractivity contribution in [2.75, 3.05) is 19.6 Å². The molecule has 0 spiro atoms. The van der Waals surface area contributed by atoms with Gasteiger partial charge in [0.15, 0.2) is 0 Å². The van der Waals surface area contributed by atoms with Crippen LogP contribution < -0.4 is 0 Å². The van der Waals surface area contributed by atoms with Gasteiger partial charge in [0, 0.05) is 0 Å². The number of carbonyl (C=O) groups excluding carboxylic acids is 1. The van der Waals surface area contributed by atoms with Crippen molar-refractivity contribution in [1.82, 2.24) is 0 Å². The Morgan fingerprint density at radius 1 is 1.70 bits per heavy atom. The minimum Gasteiger partial charge on any atom is -0.469 e. The van der Waals surface area contributed by atoms with E-state index >= 15 is 0 Å². The zero-order chi connectivity index (χ0) is 8.20. The Balaban J connectivity index is 3.89. The number of aliphatic hydroxyl groups is 1. The van der Waals surface area contributed by atoms with Gasteiger partial charge in [-0.15, -0.1) is 0 Å². The van der Waals surface area contributed by atoms with Crippen molar-refractivity contribution >= 4 is 13.3 Å². The molecule has 0 saturated carbocycles. The quantitative estimate of drug-likeness (QED) is 0.433. The number of rotatable bonds is 3. The summed E-state index contributed by atoms with van der Waals surface area (Å²) >= 11 is 0. The van der Waals surface area contributed by atoms with Gasteiger partial charge in [-0.05, 0) is 0 Å². The van der Waals surface area contributed by atoms with Gasteiger partial charge in [0.05, 0.1) is 7.11 Å². The highest BCUT2D eigenvalue weighted by atomic mass is 31.2. The van der Waals surface area contributed by atoms with Crippen LogP contribution in [-0.2, 0) is 14.1 Å². The molecular formula is C4H9O5P. The molecule has 0 aliphatic rings. The normalized spacial score (nSPS) is 15.9. The van der Waals surface area contributed by atoms with Crippen molar-refractivity contribution in [3.05, 3.63) is 0 Å². The molecule has 0 radical (unpaired) electrons. The summed E-state index contributed by atoms with van der Waals surface area (Å²) in [6.07, 6.45) is -1.51. The third kappa shape index (κ3) is 3.61. The SMILES string of the molecule is COC(=O)CP(=O)(O)CO. The lowest BCUT2D eigenvalue weighted by Crippen LogP contribution is -2.08. The number of methoxy groups -OCH3 is 1. The van der Waals surface area contributed by atoms with Crippen molar-refractivity contribution in [3.8, 4) is 0 Å². The number of esters is 1. The molecule has 60 valence electrons. The van der Waals surface area contributed by atoms with Crippen LogP contribution in [0.15, 0.2) is 0 Å². The van der Waals surface area contributed by atoms with Crippen molar-refractivity contribution < 1.29 is 24.1 Å². The Morgan fingerprint density at radius 2 is 2.20 bits per heavy atom. The molecule has 6 heteroatoms. The van der Waals surface area contributed by atoms with E-state index in [9.17, 15) is 9.36 Å². The third-order valence-electron chi connectivity index (χ3n) is 0.825. The smallest absolute Gasteiger partial charge is 0.315 e. The molecular weight excluding hydrogens is 159 g/mol. The first-order chi connectivity index (χ1) is 4.52. The van der Waals surface area contributed by atoms with Crippen LogP contribution in [0.25, 0.3) is 0 Å². The monoisotopic (exact) mass is 168 g/mol. The van der Waals surface area contributed by atoms with Crippen molar-refractivity contribution in [2.24, 2.45) is 0 Å². The molecule has 0 aromatic rings. The van der Waals surface area contributed by atoms with E-state index in [1.165, 1.54) is 0 Å². The first-order valence-electron chi connectivity index (χ1n) is 2.50. The van der Waals surface area contributed by atoms with Gasteiger partial charge in [-0.25, -0.2) is 0 Å². The highest BCUT2D eigenvalue weighted by Gasteiger charge is 2.21. The van der Waals surface area contributed by atoms with Crippen molar-refractivity contribution in [2.45, 2.75) is 0 Å². The molecule has 0 fully saturated rings. The minimum atomic E-state index is -3.67. The van der Waals surface area contributed by atoms with E-state index in [2.05, 4.69) is 4.74 Å². The Kier molecular flexibility index (Phi) is 3.57. The number of hydrogen-bond acceptors (Lipinski definition) is 4. The molecule has 0 rings (SSSR count). The summed E-state index contributed by atoms with van der Waals surface area (Å²) < 4.78 is 14.7. The fraction of sp³-hybridized carbons (Fsp3) is 0.750. The Labute approximate surface area is 58.1 Å². The second-order valence-electron chi connectivity index (χ2n) is 1.72. The predicted octanol–water partition coefficient (Wildman–Crippen LogP) is -0.620. The van der Waals surface area contributed by atoms with Crippen LogP contribution in [-0.4, -0.2) is 35.6 Å². The summed E-state index contributed by atoms with van der Waals surface area (Å²) in [7, 11) is -2.55. The van der Waals surface area contributed by atoms with Gasteiger partial charge < -0.3 is 14.7 Å². The molecule has 0 aliphatic carbocycles. The highest BCUT2D eigenvalue weighted by molar-refractivity contribution is 7.58. The van der Waals surface area contributed by atoms with E-state index in [1.807, 2.05) is 0 Å². The fourth-order valence-corrected chi connectivity index (χ4v) is 0.949. The summed E-state index contributed by atoms with van der Waals surface area (Å²) in [4.78, 5) is 19.0. The average molecular weight is 168 g/mol. The van der Waals surface area contributed by atoms with E-state index in [-0.39, 0.29) is 0 Å². The van der Waals surface area contributed by atoms with Crippen LogP contribution in [0.4, 0.5) is 0 Å². The molecule has 0 heterocycles. The van der Waals surface area contributed by atoms with Crippen LogP contribution in [0.1, 0.15) is 0 Å². The zero-order valence-corrected chi connectivity index (χ0v) is 6.38. The van der Waals surface area contributed by atoms with E-state index < -0.39 is 25.8 Å². The molecule has 1 unspecified atom stereocenters. The van der Waals surface area contributed by atoms with Gasteiger partial charge in [-0.2, -0.15) is 0 Å². The standard InChI is InChI=1S/C4H9O5P/c1-9-4(6)2-10(7,8)3-5/h5H,2-3H2,1H3,(H,7,8). The first-order valence-corrected chi connectivity index (χ1v) is 4.53. The van der Waals surface area contributed by atoms with Crippen LogP contribution in [0.5, 0.6) is 0 Å². The van der Waals surface area contributed by atoms with Gasteiger partial charge in [0.2, 0.25) is 7.37 Å². The molecule has 0 saturated heterocycles. The van der Waals surface area contributed by atoms with E-state index in [0.717, 1.165) is 7.11 Å². The molecule has 0 amide bonds. The summed E-state index contributed by atoms with van der Waals surface area (Å²) in [6.45, 7) is 0. The average Bonchev–Trinajstić information content (AvgIpc) is 1.87. The maximum Gasteiger partial charge on any atom is 0.315 e. The zero-order valence-electron chi connectivity index (χ0n) is 5.48. The number of ether oxygens (including phenoxy) is 1. The van der Waals surface area contributed by atoms with Crippen molar-refractivity contribution in [1.29, 1.82) is 0 Å². The Hall–Kier alpha value is -0.380. The maximum atomic E-state index is 10.6. The lowest BCUT2D eigenvalue weighted by Gasteiger charge is -2.04. The van der Waals surface area contributed by atoms with Gasteiger partial charge in [-0.1, -0.05) is 0 Å². The van der Waals surface area contributed by atoms with Crippen LogP contribution in [0, 0.1) is 0 Å². The number of aliphatic hydroxyl groups excluding tert-OH is 1. The topological polar surface area (TPSA) is 83.8 Å². The van der Waals surface area contributed by atoms with Crippen LogP contribution >= 0.6 is 7.37 Å². The van der Waals surface area contributed by atoms with Gasteiger partial charge in [0.1, 0.15) is 12.5 Å². The lowest BCUT2D eigenvalue weighted by molar-refractivity contribution is -0.137. The highest BCUT2D eigenvalue weighted by Crippen LogP contribution is 2.38. The summed E-state index contributed by atoms with van der Waals surface area (Å²) in [6, 6.07) is 0. The number of hydrogen-bond donors (Lipinski definition) is 2. The first kappa shape index (κ1) is 9.62. The Bertz CT molecular complexity index is 165. The minimum absolute atomic E-state index is 0.625. The largest absolute Gasteiger partial charge is 0.469 e. The fourth-order valence-electron chi connectivity index (χ4n) is 0.316. The summed E-state index contributed by atoms with van der Waals surface area (Å²) in [5.41, 5.74) is 0. The lowest BCUT2D eigenvalue weighted by atomic mass is 10.8. The van der Waals surface area contributed by atoms with E-state index in [0.29, 0.717) is 0 Å². The van der Waals surface area contributed by atoms with Crippen molar-refractivity contribution in [3.63, 3.8) is 0 Å². The Morgan fingerprint density at radius 3 is 2.50 bits per heavy atom. The van der Waals surface area contributed by atoms with Gasteiger partial charge >= 0.3 is 5.97 Å². The number of carbonyl (C=O) groups is 1.